The van der Waals surface area contributed by atoms with Crippen molar-refractivity contribution < 1.29 is 9.53 Å². The standard InChI is InChI=1S/C17H15NO2/c1-20-16-8-7-14(17(9-10-17)18-12-19)11-15(16)13-5-3-2-4-6-13/h2-8,11H,9-10H2,1H3. The molecule has 20 heavy (non-hydrogen) atoms. The number of methoxy groups -OCH3 is 1. The van der Waals surface area contributed by atoms with Gasteiger partial charge in [0.25, 0.3) is 0 Å². The lowest BCUT2D eigenvalue weighted by Gasteiger charge is -2.14. The molecule has 1 saturated carbocycles. The van der Waals surface area contributed by atoms with Crippen LogP contribution in [-0.4, -0.2) is 13.2 Å². The first-order valence-electron chi connectivity index (χ1n) is 6.62. The van der Waals surface area contributed by atoms with Crippen molar-refractivity contribution in [3.63, 3.8) is 0 Å². The van der Waals surface area contributed by atoms with E-state index >= 15 is 0 Å². The Morgan fingerprint density at radius 1 is 1.15 bits per heavy atom. The quantitative estimate of drug-likeness (QED) is 0.624. The lowest BCUT2D eigenvalue weighted by Crippen LogP contribution is -2.03. The molecule has 1 aliphatic carbocycles. The molecule has 0 N–H and O–H groups in total. The summed E-state index contributed by atoms with van der Waals surface area (Å²) in [5.74, 6) is 0.825. The van der Waals surface area contributed by atoms with Crippen LogP contribution >= 0.6 is 0 Å². The number of nitrogens with zero attached hydrogens (tertiary/aromatic N) is 1. The summed E-state index contributed by atoms with van der Waals surface area (Å²) in [5, 5.41) is 0. The van der Waals surface area contributed by atoms with E-state index in [1.807, 2.05) is 42.5 Å². The molecule has 2 aromatic carbocycles. The zero-order valence-electron chi connectivity index (χ0n) is 11.3. The van der Waals surface area contributed by atoms with Crippen LogP contribution in [0.4, 0.5) is 0 Å². The second-order valence-electron chi connectivity index (χ2n) is 5.02. The molecule has 3 heteroatoms. The van der Waals surface area contributed by atoms with Gasteiger partial charge < -0.3 is 4.74 Å². The monoisotopic (exact) mass is 265 g/mol. The van der Waals surface area contributed by atoms with Crippen LogP contribution in [0, 0.1) is 0 Å². The Bertz CT molecular complexity index is 669. The Hall–Kier alpha value is -2.38. The van der Waals surface area contributed by atoms with Crippen LogP contribution in [0.15, 0.2) is 53.5 Å². The van der Waals surface area contributed by atoms with Crippen molar-refractivity contribution >= 4 is 6.08 Å². The third-order valence-corrected chi connectivity index (χ3v) is 3.80. The molecule has 0 atom stereocenters. The van der Waals surface area contributed by atoms with Crippen molar-refractivity contribution in [1.82, 2.24) is 0 Å². The molecule has 1 fully saturated rings. The molecule has 0 spiro atoms. The van der Waals surface area contributed by atoms with Gasteiger partial charge in [-0.15, -0.1) is 0 Å². The predicted molar refractivity (Wildman–Crippen MR) is 77.5 cm³/mol. The zero-order chi connectivity index (χ0) is 14.0. The Balaban J connectivity index is 2.11. The predicted octanol–water partition coefficient (Wildman–Crippen LogP) is 3.69. The topological polar surface area (TPSA) is 38.7 Å². The van der Waals surface area contributed by atoms with Gasteiger partial charge in [-0.05, 0) is 36.1 Å². The fraction of sp³-hybridized carbons (Fsp3) is 0.235. The smallest absolute Gasteiger partial charge is 0.235 e. The normalized spacial score (nSPS) is 15.2. The maximum atomic E-state index is 10.6. The Morgan fingerprint density at radius 2 is 1.90 bits per heavy atom. The molecule has 0 amide bonds. The van der Waals surface area contributed by atoms with Crippen LogP contribution in [0.2, 0.25) is 0 Å². The summed E-state index contributed by atoms with van der Waals surface area (Å²) in [7, 11) is 1.66. The molecule has 3 nitrogen and oxygen atoms in total. The summed E-state index contributed by atoms with van der Waals surface area (Å²) in [6.45, 7) is 0. The van der Waals surface area contributed by atoms with E-state index in [9.17, 15) is 4.79 Å². The Kier molecular flexibility index (Phi) is 3.13. The van der Waals surface area contributed by atoms with E-state index in [-0.39, 0.29) is 5.54 Å². The first kappa shape index (κ1) is 12.6. The van der Waals surface area contributed by atoms with Crippen molar-refractivity contribution in [2.45, 2.75) is 18.4 Å². The molecule has 1 aliphatic rings. The fourth-order valence-electron chi connectivity index (χ4n) is 2.51. The number of aliphatic imine (C=N–C) groups is 1. The average Bonchev–Trinajstić information content (AvgIpc) is 3.29. The molecule has 0 radical (unpaired) electrons. The highest BCUT2D eigenvalue weighted by Gasteiger charge is 2.45. The first-order chi connectivity index (χ1) is 9.79. The molecular weight excluding hydrogens is 250 g/mol. The van der Waals surface area contributed by atoms with Crippen molar-refractivity contribution in [2.75, 3.05) is 7.11 Å². The summed E-state index contributed by atoms with van der Waals surface area (Å²) in [5.41, 5.74) is 2.83. The fourth-order valence-corrected chi connectivity index (χ4v) is 2.51. The largest absolute Gasteiger partial charge is 0.496 e. The van der Waals surface area contributed by atoms with Crippen LogP contribution in [-0.2, 0) is 10.3 Å². The number of benzene rings is 2. The summed E-state index contributed by atoms with van der Waals surface area (Å²) in [6, 6.07) is 16.1. The van der Waals surface area contributed by atoms with Crippen LogP contribution in [0.25, 0.3) is 11.1 Å². The molecule has 0 unspecified atom stereocenters. The molecular formula is C17H15NO2. The number of hydrogen-bond donors (Lipinski definition) is 0. The zero-order valence-corrected chi connectivity index (χ0v) is 11.3. The highest BCUT2D eigenvalue weighted by molar-refractivity contribution is 5.71. The van der Waals surface area contributed by atoms with Gasteiger partial charge in [-0.1, -0.05) is 36.4 Å². The minimum absolute atomic E-state index is 0.350. The third kappa shape index (κ3) is 2.13. The number of rotatable bonds is 4. The van der Waals surface area contributed by atoms with Gasteiger partial charge in [-0.25, -0.2) is 4.79 Å². The minimum Gasteiger partial charge on any atom is -0.496 e. The van der Waals surface area contributed by atoms with Crippen molar-refractivity contribution in [3.8, 4) is 16.9 Å². The van der Waals surface area contributed by atoms with E-state index in [0.29, 0.717) is 0 Å². The molecule has 100 valence electrons. The summed E-state index contributed by atoms with van der Waals surface area (Å²) < 4.78 is 5.44. The SMILES string of the molecule is COc1ccc(C2(N=C=O)CC2)cc1-c1ccccc1. The molecule has 0 bridgehead atoms. The highest BCUT2D eigenvalue weighted by atomic mass is 16.5. The summed E-state index contributed by atoms with van der Waals surface area (Å²) >= 11 is 0. The summed E-state index contributed by atoms with van der Waals surface area (Å²) in [4.78, 5) is 14.6. The lowest BCUT2D eigenvalue weighted by atomic mass is 9.97. The number of hydrogen-bond acceptors (Lipinski definition) is 3. The van der Waals surface area contributed by atoms with E-state index in [1.165, 1.54) is 0 Å². The van der Waals surface area contributed by atoms with E-state index in [4.69, 9.17) is 4.74 Å². The molecule has 0 saturated heterocycles. The van der Waals surface area contributed by atoms with E-state index in [2.05, 4.69) is 11.1 Å². The van der Waals surface area contributed by atoms with Gasteiger partial charge in [-0.2, -0.15) is 4.99 Å². The van der Waals surface area contributed by atoms with Gasteiger partial charge in [-0.3, -0.25) is 0 Å². The molecule has 2 aromatic rings. The Labute approximate surface area is 117 Å². The van der Waals surface area contributed by atoms with Crippen molar-refractivity contribution in [1.29, 1.82) is 0 Å². The molecule has 0 aliphatic heterocycles. The third-order valence-electron chi connectivity index (χ3n) is 3.80. The van der Waals surface area contributed by atoms with Gasteiger partial charge in [0.15, 0.2) is 0 Å². The van der Waals surface area contributed by atoms with Gasteiger partial charge in [0.1, 0.15) is 5.75 Å². The number of ether oxygens (including phenoxy) is 1. The van der Waals surface area contributed by atoms with Crippen molar-refractivity contribution in [2.24, 2.45) is 4.99 Å². The number of isocyanates is 1. The van der Waals surface area contributed by atoms with Crippen molar-refractivity contribution in [3.05, 3.63) is 54.1 Å². The minimum atomic E-state index is -0.350. The van der Waals surface area contributed by atoms with Gasteiger partial charge in [0, 0.05) is 5.56 Å². The highest BCUT2D eigenvalue weighted by Crippen LogP contribution is 2.50. The Morgan fingerprint density at radius 3 is 2.50 bits per heavy atom. The summed E-state index contributed by atoms with van der Waals surface area (Å²) in [6.07, 6.45) is 3.51. The molecule has 0 heterocycles. The van der Waals surface area contributed by atoms with Crippen LogP contribution in [0.3, 0.4) is 0 Å². The average molecular weight is 265 g/mol. The van der Waals surface area contributed by atoms with Crippen LogP contribution in [0.5, 0.6) is 5.75 Å². The van der Waals surface area contributed by atoms with Gasteiger partial charge >= 0.3 is 0 Å². The van der Waals surface area contributed by atoms with E-state index in [0.717, 1.165) is 35.3 Å². The van der Waals surface area contributed by atoms with Crippen LogP contribution in [0.1, 0.15) is 18.4 Å². The molecule has 0 aromatic heterocycles. The maximum Gasteiger partial charge on any atom is 0.235 e. The van der Waals surface area contributed by atoms with E-state index < -0.39 is 0 Å². The maximum absolute atomic E-state index is 10.6. The number of carbonyl (C=O) groups excluding carboxylic acids is 1. The van der Waals surface area contributed by atoms with E-state index in [1.54, 1.807) is 13.2 Å². The van der Waals surface area contributed by atoms with Crippen LogP contribution < -0.4 is 4.74 Å². The second-order valence-corrected chi connectivity index (χ2v) is 5.02. The molecule has 3 rings (SSSR count). The first-order valence-corrected chi connectivity index (χ1v) is 6.62. The second kappa shape index (κ2) is 4.95. The lowest BCUT2D eigenvalue weighted by molar-refractivity contribution is 0.416. The van der Waals surface area contributed by atoms with Gasteiger partial charge in [0.2, 0.25) is 6.08 Å². The van der Waals surface area contributed by atoms with Gasteiger partial charge in [0.05, 0.1) is 12.6 Å².